The summed E-state index contributed by atoms with van der Waals surface area (Å²) in [5, 5.41) is 8.37. The van der Waals surface area contributed by atoms with E-state index in [1.165, 1.54) is 6.20 Å². The number of fused-ring (bicyclic) bond motifs is 1. The number of ketones is 1. The minimum absolute atomic E-state index is 0.0949. The van der Waals surface area contributed by atoms with Crippen LogP contribution in [0.15, 0.2) is 41.7 Å². The second-order valence-electron chi connectivity index (χ2n) is 7.98. The Balaban J connectivity index is 1.89. The molecule has 1 aliphatic carbocycles. The zero-order valence-electron chi connectivity index (χ0n) is 16.1. The Labute approximate surface area is 168 Å². The lowest BCUT2D eigenvalue weighted by atomic mass is 9.73. The molecular formula is C21H22ClN3O3. The summed E-state index contributed by atoms with van der Waals surface area (Å²) < 4.78 is 6.87. The van der Waals surface area contributed by atoms with Gasteiger partial charge in [0.2, 0.25) is 0 Å². The van der Waals surface area contributed by atoms with Crippen LogP contribution in [0.3, 0.4) is 0 Å². The highest BCUT2D eigenvalue weighted by atomic mass is 35.5. The van der Waals surface area contributed by atoms with E-state index in [9.17, 15) is 9.59 Å². The number of allylic oxidation sites excluding steroid dienone is 2. The van der Waals surface area contributed by atoms with Gasteiger partial charge in [-0.1, -0.05) is 37.6 Å². The summed E-state index contributed by atoms with van der Waals surface area (Å²) in [6.07, 6.45) is 2.68. The SMILES string of the molecule is CCOC(=O)c1cnn2c1NC1=C(C(=O)CC(C)(C)C1)C2c1ccc(Cl)cc1. The van der Waals surface area contributed by atoms with Crippen molar-refractivity contribution in [3.05, 3.63) is 57.9 Å². The lowest BCUT2D eigenvalue weighted by Gasteiger charge is -2.39. The molecule has 1 N–H and O–H groups in total. The Morgan fingerprint density at radius 3 is 2.71 bits per heavy atom. The number of carbonyl (C=O) groups is 2. The maximum absolute atomic E-state index is 13.1. The first-order chi connectivity index (χ1) is 13.3. The summed E-state index contributed by atoms with van der Waals surface area (Å²) in [6.45, 7) is 6.20. The summed E-state index contributed by atoms with van der Waals surface area (Å²) >= 11 is 6.06. The fourth-order valence-corrected chi connectivity index (χ4v) is 4.15. The molecular weight excluding hydrogens is 378 g/mol. The number of aromatic nitrogens is 2. The van der Waals surface area contributed by atoms with Gasteiger partial charge in [-0.25, -0.2) is 9.48 Å². The number of carbonyl (C=O) groups excluding carboxylic acids is 2. The molecule has 0 fully saturated rings. The van der Waals surface area contributed by atoms with E-state index in [0.717, 1.165) is 11.3 Å². The van der Waals surface area contributed by atoms with Crippen LogP contribution < -0.4 is 5.32 Å². The van der Waals surface area contributed by atoms with E-state index in [0.29, 0.717) is 34.8 Å². The van der Waals surface area contributed by atoms with E-state index >= 15 is 0 Å². The van der Waals surface area contributed by atoms with Gasteiger partial charge in [-0.15, -0.1) is 0 Å². The third-order valence-corrected chi connectivity index (χ3v) is 5.44. The van der Waals surface area contributed by atoms with Crippen LogP contribution in [0.4, 0.5) is 5.82 Å². The van der Waals surface area contributed by atoms with Crippen LogP contribution in [0.25, 0.3) is 0 Å². The van der Waals surface area contributed by atoms with Crippen LogP contribution in [0.2, 0.25) is 5.02 Å². The molecule has 7 heteroatoms. The minimum Gasteiger partial charge on any atom is -0.462 e. The number of hydrogen-bond acceptors (Lipinski definition) is 5. The number of nitrogens with zero attached hydrogens (tertiary/aromatic N) is 2. The number of rotatable bonds is 3. The molecule has 1 unspecified atom stereocenters. The molecule has 2 heterocycles. The molecule has 4 rings (SSSR count). The molecule has 0 amide bonds. The standard InChI is InChI=1S/C21H22ClN3O3/c1-4-28-20(27)14-11-23-25-18(12-5-7-13(22)8-6-12)17-15(24-19(14)25)9-21(2,3)10-16(17)26/h5-8,11,18,24H,4,9-10H2,1-3H3. The number of Topliss-reactive ketones (excluding diaryl/α,β-unsaturated/α-hetero) is 1. The van der Waals surface area contributed by atoms with Gasteiger partial charge in [0.1, 0.15) is 17.4 Å². The van der Waals surface area contributed by atoms with E-state index in [2.05, 4.69) is 24.3 Å². The van der Waals surface area contributed by atoms with Crippen LogP contribution in [-0.2, 0) is 9.53 Å². The summed E-state index contributed by atoms with van der Waals surface area (Å²) in [6, 6.07) is 6.98. The van der Waals surface area contributed by atoms with Gasteiger partial charge >= 0.3 is 5.97 Å². The minimum atomic E-state index is -0.434. The Morgan fingerprint density at radius 2 is 2.04 bits per heavy atom. The van der Waals surface area contributed by atoms with E-state index in [4.69, 9.17) is 16.3 Å². The zero-order chi connectivity index (χ0) is 20.1. The maximum Gasteiger partial charge on any atom is 0.343 e. The number of halogens is 1. The topological polar surface area (TPSA) is 73.2 Å². The maximum atomic E-state index is 13.1. The summed E-state index contributed by atoms with van der Waals surface area (Å²) in [7, 11) is 0. The molecule has 0 radical (unpaired) electrons. The van der Waals surface area contributed by atoms with Crippen molar-refractivity contribution in [1.82, 2.24) is 9.78 Å². The summed E-state index contributed by atoms with van der Waals surface area (Å²) in [5.74, 6) is 0.219. The van der Waals surface area contributed by atoms with Crippen molar-refractivity contribution in [3.63, 3.8) is 0 Å². The average molecular weight is 400 g/mol. The third-order valence-electron chi connectivity index (χ3n) is 5.18. The Hall–Kier alpha value is -2.60. The summed E-state index contributed by atoms with van der Waals surface area (Å²) in [5.41, 5.74) is 2.65. The average Bonchev–Trinajstić information content (AvgIpc) is 3.03. The molecule has 1 aromatic heterocycles. The van der Waals surface area contributed by atoms with Gasteiger partial charge in [0.15, 0.2) is 5.78 Å². The van der Waals surface area contributed by atoms with Crippen LogP contribution >= 0.6 is 11.6 Å². The molecule has 1 aliphatic heterocycles. The van der Waals surface area contributed by atoms with Gasteiger partial charge in [0, 0.05) is 22.7 Å². The first-order valence-corrected chi connectivity index (χ1v) is 9.72. The molecule has 0 saturated heterocycles. The number of benzene rings is 1. The Bertz CT molecular complexity index is 989. The van der Waals surface area contributed by atoms with Crippen LogP contribution in [0.1, 0.15) is 55.6 Å². The molecule has 2 aliphatic rings. The van der Waals surface area contributed by atoms with Gasteiger partial charge in [0.25, 0.3) is 0 Å². The molecule has 1 atom stereocenters. The van der Waals surface area contributed by atoms with Gasteiger partial charge in [-0.05, 0) is 36.5 Å². The molecule has 6 nitrogen and oxygen atoms in total. The summed E-state index contributed by atoms with van der Waals surface area (Å²) in [4.78, 5) is 25.5. The Kier molecular flexibility index (Phi) is 4.54. The van der Waals surface area contributed by atoms with Crippen LogP contribution in [0.5, 0.6) is 0 Å². The predicted molar refractivity (Wildman–Crippen MR) is 106 cm³/mol. The van der Waals surface area contributed by atoms with E-state index in [1.807, 2.05) is 12.1 Å². The van der Waals surface area contributed by atoms with Crippen molar-refractivity contribution >= 4 is 29.2 Å². The van der Waals surface area contributed by atoms with Crippen molar-refractivity contribution < 1.29 is 14.3 Å². The van der Waals surface area contributed by atoms with E-state index < -0.39 is 12.0 Å². The molecule has 0 bridgehead atoms. The molecule has 28 heavy (non-hydrogen) atoms. The first-order valence-electron chi connectivity index (χ1n) is 9.34. The molecule has 0 saturated carbocycles. The number of hydrogen-bond donors (Lipinski definition) is 1. The van der Waals surface area contributed by atoms with Crippen molar-refractivity contribution in [2.75, 3.05) is 11.9 Å². The fraction of sp³-hybridized carbons (Fsp3) is 0.381. The van der Waals surface area contributed by atoms with Crippen LogP contribution in [-0.4, -0.2) is 28.1 Å². The van der Waals surface area contributed by atoms with Gasteiger partial charge in [-0.2, -0.15) is 5.10 Å². The highest BCUT2D eigenvalue weighted by Crippen LogP contribution is 2.46. The number of anilines is 1. The highest BCUT2D eigenvalue weighted by Gasteiger charge is 2.42. The molecule has 2 aromatic rings. The number of esters is 1. The lowest BCUT2D eigenvalue weighted by Crippen LogP contribution is -2.36. The van der Waals surface area contributed by atoms with Crippen molar-refractivity contribution in [2.24, 2.45) is 5.41 Å². The number of ether oxygens (including phenoxy) is 1. The van der Waals surface area contributed by atoms with Crippen molar-refractivity contribution in [3.8, 4) is 0 Å². The molecule has 146 valence electrons. The predicted octanol–water partition coefficient (Wildman–Crippen LogP) is 4.37. The smallest absolute Gasteiger partial charge is 0.343 e. The van der Waals surface area contributed by atoms with Gasteiger partial charge < -0.3 is 10.1 Å². The molecule has 1 aromatic carbocycles. The van der Waals surface area contributed by atoms with Gasteiger partial charge in [-0.3, -0.25) is 4.79 Å². The normalized spacial score (nSPS) is 20.3. The van der Waals surface area contributed by atoms with E-state index in [-0.39, 0.29) is 17.8 Å². The van der Waals surface area contributed by atoms with Crippen molar-refractivity contribution in [1.29, 1.82) is 0 Å². The first kappa shape index (κ1) is 18.7. The quantitative estimate of drug-likeness (QED) is 0.776. The zero-order valence-corrected chi connectivity index (χ0v) is 16.8. The number of nitrogens with one attached hydrogen (secondary N) is 1. The van der Waals surface area contributed by atoms with Gasteiger partial charge in [0.05, 0.1) is 12.8 Å². The fourth-order valence-electron chi connectivity index (χ4n) is 4.02. The van der Waals surface area contributed by atoms with Crippen molar-refractivity contribution in [2.45, 2.75) is 39.7 Å². The lowest BCUT2D eigenvalue weighted by molar-refractivity contribution is -0.118. The van der Waals surface area contributed by atoms with E-state index in [1.54, 1.807) is 23.7 Å². The second-order valence-corrected chi connectivity index (χ2v) is 8.42. The Morgan fingerprint density at radius 1 is 1.32 bits per heavy atom. The largest absolute Gasteiger partial charge is 0.462 e. The van der Waals surface area contributed by atoms with Crippen LogP contribution in [0, 0.1) is 5.41 Å². The third kappa shape index (κ3) is 3.11. The monoisotopic (exact) mass is 399 g/mol. The molecule has 0 spiro atoms. The second kappa shape index (κ2) is 6.78. The highest BCUT2D eigenvalue weighted by molar-refractivity contribution is 6.30.